The summed E-state index contributed by atoms with van der Waals surface area (Å²) in [4.78, 5) is 13.1. The Labute approximate surface area is 90.0 Å². The third kappa shape index (κ3) is 5.11. The van der Waals surface area contributed by atoms with Crippen LogP contribution in [0.5, 0.6) is 0 Å². The van der Waals surface area contributed by atoms with Crippen molar-refractivity contribution in [1.29, 1.82) is 0 Å². The lowest BCUT2D eigenvalue weighted by molar-refractivity contribution is -0.152. The largest absolute Gasteiger partial charge is 0.463 e. The molecule has 0 aliphatic carbocycles. The molecule has 0 radical (unpaired) electrons. The molecular weight excluding hydrogens is 198 g/mol. The van der Waals surface area contributed by atoms with Crippen molar-refractivity contribution in [1.82, 2.24) is 4.90 Å². The first-order valence-corrected chi connectivity index (χ1v) is 5.22. The average molecular weight is 217 g/mol. The van der Waals surface area contributed by atoms with Crippen LogP contribution in [0.3, 0.4) is 0 Å². The highest BCUT2D eigenvalue weighted by Crippen LogP contribution is 2.17. The summed E-state index contributed by atoms with van der Waals surface area (Å²) in [6.45, 7) is 0.941. The molecule has 1 fully saturated rings. The van der Waals surface area contributed by atoms with Gasteiger partial charge in [-0.25, -0.2) is 0 Å². The molecule has 0 aromatic heterocycles. The molecule has 0 amide bonds. The maximum atomic E-state index is 11.2. The first-order chi connectivity index (χ1) is 7.08. The third-order valence-electron chi connectivity index (χ3n) is 2.28. The van der Waals surface area contributed by atoms with Crippen molar-refractivity contribution >= 4 is 5.97 Å². The molecule has 5 heteroatoms. The quantitative estimate of drug-likeness (QED) is 0.656. The van der Waals surface area contributed by atoms with Gasteiger partial charge in [0.2, 0.25) is 0 Å². The summed E-state index contributed by atoms with van der Waals surface area (Å²) < 4.78 is 10.1. The molecular formula is C10H19NO4. The van der Waals surface area contributed by atoms with Gasteiger partial charge in [0, 0.05) is 13.0 Å². The Hall–Kier alpha value is -0.650. The second kappa shape index (κ2) is 6.05. The molecule has 2 atom stereocenters. The van der Waals surface area contributed by atoms with E-state index in [2.05, 4.69) is 0 Å². The van der Waals surface area contributed by atoms with E-state index in [1.165, 1.54) is 0 Å². The molecule has 0 saturated carbocycles. The van der Waals surface area contributed by atoms with Crippen LogP contribution in [-0.4, -0.2) is 55.6 Å². The van der Waals surface area contributed by atoms with Gasteiger partial charge in [0.25, 0.3) is 0 Å². The van der Waals surface area contributed by atoms with E-state index in [0.717, 1.165) is 6.42 Å². The molecule has 0 bridgehead atoms. The van der Waals surface area contributed by atoms with E-state index >= 15 is 0 Å². The van der Waals surface area contributed by atoms with E-state index in [9.17, 15) is 4.79 Å². The number of ether oxygens (including phenoxy) is 2. The van der Waals surface area contributed by atoms with Crippen LogP contribution >= 0.6 is 0 Å². The number of carbonyl (C=O) groups is 1. The first kappa shape index (κ1) is 12.4. The highest BCUT2D eigenvalue weighted by molar-refractivity contribution is 5.69. The SMILES string of the molecule is CN(C)CCC(=O)OCC1CCC(O)O1. The highest BCUT2D eigenvalue weighted by Gasteiger charge is 2.24. The maximum absolute atomic E-state index is 11.2. The normalized spacial score (nSPS) is 25.9. The summed E-state index contributed by atoms with van der Waals surface area (Å²) >= 11 is 0. The van der Waals surface area contributed by atoms with Gasteiger partial charge in [-0.2, -0.15) is 0 Å². The summed E-state index contributed by atoms with van der Waals surface area (Å²) in [6.07, 6.45) is 0.948. The van der Waals surface area contributed by atoms with Gasteiger partial charge in [-0.05, 0) is 20.5 Å². The first-order valence-electron chi connectivity index (χ1n) is 5.22. The minimum absolute atomic E-state index is 0.136. The fourth-order valence-electron chi connectivity index (χ4n) is 1.38. The lowest BCUT2D eigenvalue weighted by Gasteiger charge is -2.12. The number of hydrogen-bond acceptors (Lipinski definition) is 5. The van der Waals surface area contributed by atoms with E-state index in [1.54, 1.807) is 0 Å². The summed E-state index contributed by atoms with van der Waals surface area (Å²) in [5.74, 6) is -0.214. The smallest absolute Gasteiger partial charge is 0.307 e. The maximum Gasteiger partial charge on any atom is 0.307 e. The third-order valence-corrected chi connectivity index (χ3v) is 2.28. The van der Waals surface area contributed by atoms with Crippen molar-refractivity contribution in [3.05, 3.63) is 0 Å². The predicted molar refractivity (Wildman–Crippen MR) is 54.2 cm³/mol. The zero-order chi connectivity index (χ0) is 11.3. The van der Waals surface area contributed by atoms with Crippen molar-refractivity contribution in [2.24, 2.45) is 0 Å². The Bertz CT molecular complexity index is 208. The standard InChI is InChI=1S/C10H19NO4/c1-11(2)6-5-9(12)14-7-8-3-4-10(13)15-8/h8,10,13H,3-7H2,1-2H3. The number of nitrogens with zero attached hydrogens (tertiary/aromatic N) is 1. The minimum Gasteiger partial charge on any atom is -0.463 e. The molecule has 15 heavy (non-hydrogen) atoms. The van der Waals surface area contributed by atoms with Crippen molar-refractivity contribution < 1.29 is 19.4 Å². The van der Waals surface area contributed by atoms with Gasteiger partial charge in [0.05, 0.1) is 12.5 Å². The fraction of sp³-hybridized carbons (Fsp3) is 0.900. The molecule has 1 saturated heterocycles. The van der Waals surface area contributed by atoms with Crippen molar-refractivity contribution in [2.45, 2.75) is 31.7 Å². The second-order valence-electron chi connectivity index (χ2n) is 4.03. The molecule has 2 unspecified atom stereocenters. The summed E-state index contributed by atoms with van der Waals surface area (Å²) in [5, 5.41) is 9.07. The second-order valence-corrected chi connectivity index (χ2v) is 4.03. The molecule has 1 aliphatic rings. The zero-order valence-corrected chi connectivity index (χ0v) is 9.31. The van der Waals surface area contributed by atoms with Crippen LogP contribution in [0.15, 0.2) is 0 Å². The monoisotopic (exact) mass is 217 g/mol. The summed E-state index contributed by atoms with van der Waals surface area (Å²) in [7, 11) is 3.81. The van der Waals surface area contributed by atoms with Crippen LogP contribution < -0.4 is 0 Å². The highest BCUT2D eigenvalue weighted by atomic mass is 16.6. The van der Waals surface area contributed by atoms with E-state index in [0.29, 0.717) is 19.4 Å². The molecule has 0 aromatic rings. The van der Waals surface area contributed by atoms with Crippen LogP contribution in [-0.2, 0) is 14.3 Å². The Morgan fingerprint density at radius 1 is 1.53 bits per heavy atom. The average Bonchev–Trinajstić information content (AvgIpc) is 2.58. The Balaban J connectivity index is 2.06. The van der Waals surface area contributed by atoms with Gasteiger partial charge < -0.3 is 19.5 Å². The van der Waals surface area contributed by atoms with Crippen LogP contribution in [0.4, 0.5) is 0 Å². The van der Waals surface area contributed by atoms with Crippen molar-refractivity contribution in [2.75, 3.05) is 27.2 Å². The lowest BCUT2D eigenvalue weighted by atomic mass is 10.2. The Kier molecular flexibility index (Phi) is 5.01. The number of hydrogen-bond donors (Lipinski definition) is 1. The lowest BCUT2D eigenvalue weighted by Crippen LogP contribution is -2.22. The molecule has 0 aromatic carbocycles. The fourth-order valence-corrected chi connectivity index (χ4v) is 1.38. The Morgan fingerprint density at radius 2 is 2.27 bits per heavy atom. The van der Waals surface area contributed by atoms with Crippen molar-refractivity contribution in [3.8, 4) is 0 Å². The van der Waals surface area contributed by atoms with Crippen LogP contribution in [0, 0.1) is 0 Å². The number of aliphatic hydroxyl groups is 1. The Morgan fingerprint density at radius 3 is 2.80 bits per heavy atom. The molecule has 5 nitrogen and oxygen atoms in total. The molecule has 88 valence electrons. The minimum atomic E-state index is -0.685. The predicted octanol–water partition coefficient (Wildman–Crippen LogP) is -0.0213. The number of aliphatic hydroxyl groups excluding tert-OH is 1. The molecule has 1 heterocycles. The van der Waals surface area contributed by atoms with E-state index in [-0.39, 0.29) is 18.7 Å². The van der Waals surface area contributed by atoms with E-state index < -0.39 is 6.29 Å². The van der Waals surface area contributed by atoms with Crippen molar-refractivity contribution in [3.63, 3.8) is 0 Å². The number of esters is 1. The molecule has 1 N–H and O–H groups in total. The molecule has 1 rings (SSSR count). The van der Waals surface area contributed by atoms with E-state index in [4.69, 9.17) is 14.6 Å². The number of rotatable bonds is 5. The van der Waals surface area contributed by atoms with Crippen LogP contribution in [0.1, 0.15) is 19.3 Å². The van der Waals surface area contributed by atoms with Gasteiger partial charge in [-0.3, -0.25) is 4.79 Å². The summed E-state index contributed by atoms with van der Waals surface area (Å²) in [5.41, 5.74) is 0. The van der Waals surface area contributed by atoms with Gasteiger partial charge in [-0.1, -0.05) is 0 Å². The zero-order valence-electron chi connectivity index (χ0n) is 9.31. The van der Waals surface area contributed by atoms with Gasteiger partial charge in [-0.15, -0.1) is 0 Å². The van der Waals surface area contributed by atoms with E-state index in [1.807, 2.05) is 19.0 Å². The van der Waals surface area contributed by atoms with Gasteiger partial charge >= 0.3 is 5.97 Å². The molecule has 0 spiro atoms. The topological polar surface area (TPSA) is 59.0 Å². The van der Waals surface area contributed by atoms with Gasteiger partial charge in [0.15, 0.2) is 6.29 Å². The number of carbonyl (C=O) groups excluding carboxylic acids is 1. The van der Waals surface area contributed by atoms with Gasteiger partial charge in [0.1, 0.15) is 6.61 Å². The van der Waals surface area contributed by atoms with Crippen LogP contribution in [0.2, 0.25) is 0 Å². The molecule has 1 aliphatic heterocycles. The van der Waals surface area contributed by atoms with Crippen LogP contribution in [0.25, 0.3) is 0 Å². The summed E-state index contributed by atoms with van der Waals surface area (Å²) in [6, 6.07) is 0.